The van der Waals surface area contributed by atoms with Crippen molar-refractivity contribution in [3.05, 3.63) is 0 Å². The van der Waals surface area contributed by atoms with Gasteiger partial charge < -0.3 is 10.6 Å². The van der Waals surface area contributed by atoms with E-state index in [1.54, 1.807) is 21.0 Å². The average Bonchev–Trinajstić information content (AvgIpc) is 2.44. The highest BCUT2D eigenvalue weighted by molar-refractivity contribution is 14.0. The highest BCUT2D eigenvalue weighted by atomic mass is 127. The molecular weight excluding hydrogens is 415 g/mol. The minimum atomic E-state index is -3.07. The lowest BCUT2D eigenvalue weighted by Gasteiger charge is -2.17. The van der Waals surface area contributed by atoms with E-state index in [1.165, 1.54) is 10.7 Å². The summed E-state index contributed by atoms with van der Waals surface area (Å²) in [4.78, 5) is 4.15. The normalized spacial score (nSPS) is 12.4. The molecule has 2 N–H and O–H groups in total. The first-order chi connectivity index (χ1) is 9.83. The van der Waals surface area contributed by atoms with E-state index in [9.17, 15) is 8.42 Å². The van der Waals surface area contributed by atoms with E-state index in [0.717, 1.165) is 31.3 Å². The summed E-state index contributed by atoms with van der Waals surface area (Å²) in [7, 11) is 0.294. The van der Waals surface area contributed by atoms with Gasteiger partial charge in [-0.3, -0.25) is 4.99 Å². The number of halogens is 1. The van der Waals surface area contributed by atoms with Gasteiger partial charge in [-0.1, -0.05) is 13.8 Å². The molecule has 0 aromatic carbocycles. The zero-order valence-electron chi connectivity index (χ0n) is 14.6. The third kappa shape index (κ3) is 11.5. The van der Waals surface area contributed by atoms with E-state index in [-0.39, 0.29) is 29.7 Å². The van der Waals surface area contributed by atoms with E-state index in [1.807, 2.05) is 0 Å². The predicted octanol–water partition coefficient (Wildman–Crippen LogP) is 1.88. The van der Waals surface area contributed by atoms with Crippen LogP contribution >= 0.6 is 24.0 Å². The summed E-state index contributed by atoms with van der Waals surface area (Å²) in [6, 6.07) is 0. The number of nitrogens with one attached hydrogen (secondary N) is 2. The molecule has 0 saturated carbocycles. The first kappa shape index (κ1) is 24.2. The van der Waals surface area contributed by atoms with E-state index >= 15 is 0 Å². The van der Waals surface area contributed by atoms with Gasteiger partial charge in [0.05, 0.1) is 5.75 Å². The topological polar surface area (TPSA) is 73.8 Å². The Morgan fingerprint density at radius 2 is 1.73 bits per heavy atom. The molecule has 0 radical (unpaired) electrons. The quantitative estimate of drug-likeness (QED) is 0.232. The number of hydrogen-bond donors (Lipinski definition) is 2. The van der Waals surface area contributed by atoms with Crippen molar-refractivity contribution < 1.29 is 8.42 Å². The monoisotopic (exact) mass is 448 g/mol. The van der Waals surface area contributed by atoms with Crippen molar-refractivity contribution in [2.75, 3.05) is 39.5 Å². The Morgan fingerprint density at radius 1 is 1.18 bits per heavy atom. The van der Waals surface area contributed by atoms with Crippen LogP contribution in [0.15, 0.2) is 4.99 Å². The molecule has 0 aliphatic heterocycles. The number of rotatable bonds is 10. The summed E-state index contributed by atoms with van der Waals surface area (Å²) in [5.41, 5.74) is 0. The lowest BCUT2D eigenvalue weighted by Crippen LogP contribution is -2.39. The third-order valence-electron chi connectivity index (χ3n) is 3.26. The molecular formula is C14H33IN4O2S. The zero-order chi connectivity index (χ0) is 16.3. The van der Waals surface area contributed by atoms with Crippen molar-refractivity contribution >= 4 is 40.0 Å². The molecule has 22 heavy (non-hydrogen) atoms. The van der Waals surface area contributed by atoms with Gasteiger partial charge in [-0.15, -0.1) is 24.0 Å². The SMILES string of the molecule is CCS(=O)(=O)N(C)CCCNC(=NC)NCCCC(C)C.I. The highest BCUT2D eigenvalue weighted by Gasteiger charge is 2.13. The standard InChI is InChI=1S/C14H32N4O2S.HI/c1-6-21(19,20)18(5)12-8-11-17-14(15-4)16-10-7-9-13(2)3;/h13H,6-12H2,1-5H3,(H2,15,16,17);1H. The molecule has 0 aromatic heterocycles. The van der Waals surface area contributed by atoms with Crippen LogP contribution in [0.4, 0.5) is 0 Å². The van der Waals surface area contributed by atoms with Gasteiger partial charge in [0.15, 0.2) is 5.96 Å². The molecule has 0 unspecified atom stereocenters. The second-order valence-electron chi connectivity index (χ2n) is 5.54. The first-order valence-corrected chi connectivity index (χ1v) is 9.33. The Morgan fingerprint density at radius 3 is 2.18 bits per heavy atom. The molecule has 8 heteroatoms. The Bertz CT molecular complexity index is 400. The molecule has 6 nitrogen and oxygen atoms in total. The van der Waals surface area contributed by atoms with E-state index < -0.39 is 10.0 Å². The number of hydrogen-bond acceptors (Lipinski definition) is 3. The minimum absolute atomic E-state index is 0. The van der Waals surface area contributed by atoms with Gasteiger partial charge >= 0.3 is 0 Å². The van der Waals surface area contributed by atoms with E-state index in [0.29, 0.717) is 13.1 Å². The summed E-state index contributed by atoms with van der Waals surface area (Å²) in [6.45, 7) is 8.22. The van der Waals surface area contributed by atoms with Gasteiger partial charge in [-0.25, -0.2) is 12.7 Å². The minimum Gasteiger partial charge on any atom is -0.356 e. The molecule has 0 spiro atoms. The lowest BCUT2D eigenvalue weighted by atomic mass is 10.1. The summed E-state index contributed by atoms with van der Waals surface area (Å²) < 4.78 is 24.6. The molecule has 0 amide bonds. The first-order valence-electron chi connectivity index (χ1n) is 7.72. The van der Waals surface area contributed by atoms with Gasteiger partial charge in [-0.05, 0) is 32.1 Å². The fourth-order valence-corrected chi connectivity index (χ4v) is 2.65. The van der Waals surface area contributed by atoms with Crippen LogP contribution in [0.5, 0.6) is 0 Å². The summed E-state index contributed by atoms with van der Waals surface area (Å²) in [6.07, 6.45) is 3.07. The average molecular weight is 448 g/mol. The summed E-state index contributed by atoms with van der Waals surface area (Å²) >= 11 is 0. The van der Waals surface area contributed by atoms with Crippen molar-refractivity contribution in [2.24, 2.45) is 10.9 Å². The Balaban J connectivity index is 0. The molecule has 0 atom stereocenters. The second-order valence-corrected chi connectivity index (χ2v) is 7.90. The smallest absolute Gasteiger partial charge is 0.213 e. The number of guanidine groups is 1. The van der Waals surface area contributed by atoms with Gasteiger partial charge in [-0.2, -0.15) is 0 Å². The highest BCUT2D eigenvalue weighted by Crippen LogP contribution is 2.01. The van der Waals surface area contributed by atoms with Crippen LogP contribution in [-0.2, 0) is 10.0 Å². The van der Waals surface area contributed by atoms with Crippen molar-refractivity contribution in [1.29, 1.82) is 0 Å². The van der Waals surface area contributed by atoms with Crippen molar-refractivity contribution in [1.82, 2.24) is 14.9 Å². The largest absolute Gasteiger partial charge is 0.356 e. The van der Waals surface area contributed by atoms with Crippen molar-refractivity contribution in [3.63, 3.8) is 0 Å². The molecule has 0 aliphatic carbocycles. The Labute approximate surface area is 153 Å². The zero-order valence-corrected chi connectivity index (χ0v) is 17.7. The van der Waals surface area contributed by atoms with Gasteiger partial charge in [0.2, 0.25) is 10.0 Å². The maximum atomic E-state index is 11.6. The number of nitrogens with zero attached hydrogens (tertiary/aromatic N) is 2. The van der Waals surface area contributed by atoms with Gasteiger partial charge in [0.1, 0.15) is 0 Å². The second kappa shape index (κ2) is 13.4. The molecule has 134 valence electrons. The predicted molar refractivity (Wildman–Crippen MR) is 106 cm³/mol. The molecule has 0 heterocycles. The van der Waals surface area contributed by atoms with E-state index in [4.69, 9.17) is 0 Å². The molecule has 0 rings (SSSR count). The molecule has 0 aliphatic rings. The molecule has 0 saturated heterocycles. The van der Waals surface area contributed by atoms with E-state index in [2.05, 4.69) is 29.5 Å². The van der Waals surface area contributed by atoms with Crippen LogP contribution in [0.2, 0.25) is 0 Å². The van der Waals surface area contributed by atoms with Crippen LogP contribution in [0, 0.1) is 5.92 Å². The van der Waals surface area contributed by atoms with Gasteiger partial charge in [0, 0.05) is 33.7 Å². The van der Waals surface area contributed by atoms with Crippen LogP contribution < -0.4 is 10.6 Å². The number of sulfonamides is 1. The third-order valence-corrected chi connectivity index (χ3v) is 5.12. The Hall–Kier alpha value is -0.0900. The Kier molecular flexibility index (Phi) is 14.7. The van der Waals surface area contributed by atoms with Crippen molar-refractivity contribution in [3.8, 4) is 0 Å². The molecule has 0 aromatic rings. The maximum Gasteiger partial charge on any atom is 0.213 e. The van der Waals surface area contributed by atoms with Crippen molar-refractivity contribution in [2.45, 2.75) is 40.0 Å². The molecule has 0 fully saturated rings. The number of aliphatic imine (C=N–C) groups is 1. The van der Waals surface area contributed by atoms with Gasteiger partial charge in [0.25, 0.3) is 0 Å². The van der Waals surface area contributed by atoms with Crippen LogP contribution in [-0.4, -0.2) is 58.2 Å². The maximum absolute atomic E-state index is 11.6. The fourth-order valence-electron chi connectivity index (χ4n) is 1.81. The summed E-state index contributed by atoms with van der Waals surface area (Å²) in [5.74, 6) is 1.65. The van der Waals surface area contributed by atoms with Crippen LogP contribution in [0.25, 0.3) is 0 Å². The fraction of sp³-hybridized carbons (Fsp3) is 0.929. The van der Waals surface area contributed by atoms with Crippen LogP contribution in [0.3, 0.4) is 0 Å². The molecule has 0 bridgehead atoms. The summed E-state index contributed by atoms with van der Waals surface area (Å²) in [5, 5.41) is 6.46. The lowest BCUT2D eigenvalue weighted by molar-refractivity contribution is 0.461. The van der Waals surface area contributed by atoms with Crippen LogP contribution in [0.1, 0.15) is 40.0 Å².